The van der Waals surface area contributed by atoms with Gasteiger partial charge in [-0.15, -0.1) is 0 Å². The second kappa shape index (κ2) is 6.95. The summed E-state index contributed by atoms with van der Waals surface area (Å²) in [4.78, 5) is 0. The molecule has 0 heterocycles. The fourth-order valence-electron chi connectivity index (χ4n) is 4.38. The van der Waals surface area contributed by atoms with Crippen LogP contribution in [0.4, 0.5) is 0 Å². The van der Waals surface area contributed by atoms with Gasteiger partial charge >= 0.3 is 0 Å². The maximum Gasteiger partial charge on any atom is -0.0203 e. The van der Waals surface area contributed by atoms with E-state index in [0.717, 1.165) is 11.8 Å². The minimum Gasteiger partial charge on any atom is -0.0999 e. The van der Waals surface area contributed by atoms with Crippen LogP contribution in [0.1, 0.15) is 87.5 Å². The monoisotopic (exact) mass is 266 g/mol. The highest BCUT2D eigenvalue weighted by atomic mass is 14.6. The van der Waals surface area contributed by atoms with Crippen molar-refractivity contribution in [1.29, 1.82) is 0 Å². The maximum absolute atomic E-state index is 4.20. The fraction of sp³-hybridized carbons (Fsp3) is 0.895. The Hall–Kier alpha value is -0.260. The Morgan fingerprint density at radius 1 is 1.11 bits per heavy atom. The molecule has 114 valence electrons. The molecule has 0 spiro atoms. The van der Waals surface area contributed by atoms with E-state index in [1.165, 1.54) is 44.1 Å². The van der Waals surface area contributed by atoms with Gasteiger partial charge in [0.15, 0.2) is 0 Å². The first-order valence-electron chi connectivity index (χ1n) is 8.04. The lowest BCUT2D eigenvalue weighted by Crippen LogP contribution is -2.49. The average molecular weight is 267 g/mol. The molecule has 19 heavy (non-hydrogen) atoms. The topological polar surface area (TPSA) is 0 Å². The molecular weight excluding hydrogens is 228 g/mol. The van der Waals surface area contributed by atoms with Gasteiger partial charge in [0.05, 0.1) is 0 Å². The van der Waals surface area contributed by atoms with Crippen molar-refractivity contribution >= 4 is 0 Å². The molecule has 2 aliphatic rings. The molecule has 0 aromatic carbocycles. The van der Waals surface area contributed by atoms with E-state index in [1.807, 2.05) is 13.8 Å². The molecule has 2 fully saturated rings. The van der Waals surface area contributed by atoms with Gasteiger partial charge in [-0.05, 0) is 55.3 Å². The quantitative estimate of drug-likeness (QED) is 0.455. The van der Waals surface area contributed by atoms with Crippen LogP contribution >= 0.6 is 0 Å². The highest BCUT2D eigenvalue weighted by Crippen LogP contribution is 2.62. The van der Waals surface area contributed by atoms with Crippen LogP contribution < -0.4 is 0 Å². The van der Waals surface area contributed by atoms with Crippen molar-refractivity contribution in [3.63, 3.8) is 0 Å². The van der Waals surface area contributed by atoms with Crippen LogP contribution in [0.2, 0.25) is 0 Å². The lowest BCUT2D eigenvalue weighted by atomic mass is 9.46. The Balaban J connectivity index is 0.00000103. The summed E-state index contributed by atoms with van der Waals surface area (Å²) >= 11 is 0. The van der Waals surface area contributed by atoms with Crippen molar-refractivity contribution in [2.75, 3.05) is 0 Å². The first-order chi connectivity index (χ1) is 8.39. The lowest BCUT2D eigenvalue weighted by Gasteiger charge is -2.59. The Morgan fingerprint density at radius 2 is 1.68 bits per heavy atom. The molecule has 0 aromatic rings. The van der Waals surface area contributed by atoms with Crippen LogP contribution in [0, 0.1) is 22.7 Å². The number of hydrogen-bond donors (Lipinski definition) is 0. The molecule has 0 saturated heterocycles. The minimum atomic E-state index is 0. The van der Waals surface area contributed by atoms with Gasteiger partial charge < -0.3 is 0 Å². The fourth-order valence-corrected chi connectivity index (χ4v) is 4.38. The summed E-state index contributed by atoms with van der Waals surface area (Å²) in [5, 5.41) is 0. The van der Waals surface area contributed by atoms with E-state index >= 15 is 0 Å². The second-order valence-electron chi connectivity index (χ2n) is 7.06. The molecule has 4 atom stereocenters. The van der Waals surface area contributed by atoms with E-state index in [1.54, 1.807) is 0 Å². The van der Waals surface area contributed by atoms with E-state index in [4.69, 9.17) is 0 Å². The first kappa shape index (κ1) is 18.7. The molecule has 2 aliphatic carbocycles. The average Bonchev–Trinajstić information content (AvgIpc) is 2.34. The van der Waals surface area contributed by atoms with Gasteiger partial charge in [-0.3, -0.25) is 0 Å². The highest BCUT2D eigenvalue weighted by Gasteiger charge is 2.52. The molecule has 0 heteroatoms. The molecule has 0 unspecified atom stereocenters. The van der Waals surface area contributed by atoms with E-state index in [9.17, 15) is 0 Å². The number of fused-ring (bicyclic) bond motifs is 1. The van der Waals surface area contributed by atoms with Crippen LogP contribution in [-0.4, -0.2) is 0 Å². The van der Waals surface area contributed by atoms with Crippen molar-refractivity contribution in [3.8, 4) is 0 Å². The summed E-state index contributed by atoms with van der Waals surface area (Å²) in [6.45, 7) is 18.0. The van der Waals surface area contributed by atoms with Gasteiger partial charge in [0, 0.05) is 0 Å². The van der Waals surface area contributed by atoms with E-state index in [-0.39, 0.29) is 7.43 Å². The standard InChI is InChI=1S/C16H28.C2H6.CH4/c1-12(2)14-8-10-15(4)9-6-7-13(3)16(15,5)11-14;1-2;/h13-14H,1,6-11H2,2-5H3;1-2H3;1H4/t13-,14+,15-,16-;;/m1../s1. The normalized spacial score (nSPS) is 41.2. The second-order valence-corrected chi connectivity index (χ2v) is 7.06. The molecular formula is C19H38. The summed E-state index contributed by atoms with van der Waals surface area (Å²) < 4.78 is 0. The Kier molecular flexibility index (Phi) is 6.86. The molecule has 2 rings (SSSR count). The van der Waals surface area contributed by atoms with Crippen LogP contribution in [0.3, 0.4) is 0 Å². The van der Waals surface area contributed by atoms with Crippen molar-refractivity contribution in [1.82, 2.24) is 0 Å². The van der Waals surface area contributed by atoms with Gasteiger partial charge in [0.2, 0.25) is 0 Å². The lowest BCUT2D eigenvalue weighted by molar-refractivity contribution is -0.0809. The van der Waals surface area contributed by atoms with Gasteiger partial charge in [-0.2, -0.15) is 0 Å². The van der Waals surface area contributed by atoms with Crippen LogP contribution in [0.5, 0.6) is 0 Å². The number of hydrogen-bond acceptors (Lipinski definition) is 0. The summed E-state index contributed by atoms with van der Waals surface area (Å²) in [5.74, 6) is 1.69. The summed E-state index contributed by atoms with van der Waals surface area (Å²) in [7, 11) is 0. The summed E-state index contributed by atoms with van der Waals surface area (Å²) in [6.07, 6.45) is 8.54. The van der Waals surface area contributed by atoms with Crippen molar-refractivity contribution in [2.24, 2.45) is 22.7 Å². The minimum absolute atomic E-state index is 0. The zero-order valence-corrected chi connectivity index (χ0v) is 13.6. The Labute approximate surface area is 123 Å². The molecule has 2 saturated carbocycles. The maximum atomic E-state index is 4.20. The summed E-state index contributed by atoms with van der Waals surface area (Å²) in [6, 6.07) is 0. The van der Waals surface area contributed by atoms with Crippen LogP contribution in [-0.2, 0) is 0 Å². The van der Waals surface area contributed by atoms with Gasteiger partial charge in [-0.25, -0.2) is 0 Å². The zero-order chi connectivity index (χ0) is 14.0. The van der Waals surface area contributed by atoms with E-state index < -0.39 is 0 Å². The van der Waals surface area contributed by atoms with Crippen molar-refractivity contribution in [3.05, 3.63) is 12.2 Å². The third-order valence-electron chi connectivity index (χ3n) is 6.24. The van der Waals surface area contributed by atoms with E-state index in [2.05, 4.69) is 34.3 Å². The first-order valence-corrected chi connectivity index (χ1v) is 8.04. The van der Waals surface area contributed by atoms with Crippen LogP contribution in [0.25, 0.3) is 0 Å². The molecule has 0 bridgehead atoms. The van der Waals surface area contributed by atoms with Gasteiger partial charge in [0.25, 0.3) is 0 Å². The van der Waals surface area contributed by atoms with Crippen molar-refractivity contribution < 1.29 is 0 Å². The molecule has 0 amide bonds. The van der Waals surface area contributed by atoms with Crippen LogP contribution in [0.15, 0.2) is 12.2 Å². The highest BCUT2D eigenvalue weighted by molar-refractivity contribution is 5.09. The molecule has 0 aliphatic heterocycles. The Bertz CT molecular complexity index is 290. The largest absolute Gasteiger partial charge is 0.0999 e. The predicted molar refractivity (Wildman–Crippen MR) is 89.5 cm³/mol. The predicted octanol–water partition coefficient (Wildman–Crippen LogP) is 6.86. The summed E-state index contributed by atoms with van der Waals surface area (Å²) in [5.41, 5.74) is 2.59. The molecule has 0 N–H and O–H groups in total. The van der Waals surface area contributed by atoms with Gasteiger partial charge in [-0.1, -0.05) is 67.0 Å². The zero-order valence-electron chi connectivity index (χ0n) is 13.6. The molecule has 0 nitrogen and oxygen atoms in total. The number of allylic oxidation sites excluding steroid dienone is 1. The third-order valence-corrected chi connectivity index (χ3v) is 6.24. The molecule has 0 radical (unpaired) electrons. The Morgan fingerprint density at radius 3 is 2.21 bits per heavy atom. The van der Waals surface area contributed by atoms with Gasteiger partial charge in [0.1, 0.15) is 0 Å². The third kappa shape index (κ3) is 3.26. The van der Waals surface area contributed by atoms with E-state index in [0.29, 0.717) is 10.8 Å². The molecule has 0 aromatic heterocycles. The smallest absolute Gasteiger partial charge is 0.0203 e. The van der Waals surface area contributed by atoms with Crippen molar-refractivity contribution in [2.45, 2.75) is 87.5 Å². The number of rotatable bonds is 1. The SMILES string of the molecule is C.C=C(C)[C@H]1CC[C@@]2(C)CCC[C@@H](C)[C@@]2(C)C1.CC.